The van der Waals surface area contributed by atoms with Crippen molar-refractivity contribution in [1.82, 2.24) is 30.1 Å². The largest absolute Gasteiger partial charge is 0.336 e. The van der Waals surface area contributed by atoms with Crippen LogP contribution in [0.3, 0.4) is 0 Å². The van der Waals surface area contributed by atoms with E-state index < -0.39 is 0 Å². The minimum absolute atomic E-state index is 0. The van der Waals surface area contributed by atoms with Crippen molar-refractivity contribution < 1.29 is 4.79 Å². The number of nitrogens with zero attached hydrogens (tertiary/aromatic N) is 5. The van der Waals surface area contributed by atoms with E-state index in [9.17, 15) is 4.79 Å². The topological polar surface area (TPSA) is 74.2 Å². The van der Waals surface area contributed by atoms with Crippen molar-refractivity contribution in [2.75, 3.05) is 39.3 Å². The van der Waals surface area contributed by atoms with E-state index in [4.69, 9.17) is 0 Å². The van der Waals surface area contributed by atoms with Crippen molar-refractivity contribution >= 4 is 29.7 Å². The van der Waals surface area contributed by atoms with Crippen LogP contribution in [0.15, 0.2) is 18.5 Å². The Morgan fingerprint density at radius 3 is 2.69 bits per heavy atom. The van der Waals surface area contributed by atoms with E-state index >= 15 is 0 Å². The highest BCUT2D eigenvalue weighted by molar-refractivity contribution is 7.17. The Labute approximate surface area is 163 Å². The van der Waals surface area contributed by atoms with Crippen molar-refractivity contribution in [2.45, 2.75) is 19.4 Å². The lowest BCUT2D eigenvalue weighted by Gasteiger charge is -2.32. The van der Waals surface area contributed by atoms with Gasteiger partial charge in [-0.15, -0.1) is 23.7 Å². The smallest absolute Gasteiger partial charge is 0.265 e. The summed E-state index contributed by atoms with van der Waals surface area (Å²) in [5.74, 6) is 0.671. The first-order valence-electron chi connectivity index (χ1n) is 8.71. The van der Waals surface area contributed by atoms with Crippen LogP contribution in [0.5, 0.6) is 0 Å². The Kier molecular flexibility index (Phi) is 6.18. The molecule has 0 bridgehead atoms. The minimum Gasteiger partial charge on any atom is -0.336 e. The molecule has 7 nitrogen and oxygen atoms in total. The number of aromatic nitrogens is 3. The van der Waals surface area contributed by atoms with Gasteiger partial charge in [0.25, 0.3) is 5.91 Å². The van der Waals surface area contributed by atoms with Gasteiger partial charge in [0, 0.05) is 57.7 Å². The molecule has 2 fully saturated rings. The van der Waals surface area contributed by atoms with Crippen molar-refractivity contribution in [3.05, 3.63) is 29.0 Å². The number of hydrogen-bond donors (Lipinski definition) is 1. The molecule has 1 N–H and O–H groups in total. The molecule has 0 spiro atoms. The van der Waals surface area contributed by atoms with Gasteiger partial charge >= 0.3 is 0 Å². The molecule has 2 aliphatic rings. The van der Waals surface area contributed by atoms with E-state index in [-0.39, 0.29) is 18.3 Å². The van der Waals surface area contributed by atoms with Gasteiger partial charge < -0.3 is 10.2 Å². The fourth-order valence-electron chi connectivity index (χ4n) is 3.52. The Morgan fingerprint density at radius 2 is 1.96 bits per heavy atom. The Balaban J connectivity index is 0.00000196. The van der Waals surface area contributed by atoms with Crippen LogP contribution in [0.4, 0.5) is 0 Å². The van der Waals surface area contributed by atoms with Gasteiger partial charge in [-0.05, 0) is 19.4 Å². The standard InChI is InChI=1S/C17H22N6OS.ClH/c1-12-14(25-16(21-12)15-19-4-2-5-20-15)17(24)23-8-3-13(11-23)22-9-6-18-7-10-22;/h2,4-5,13,18H,3,6-11H2,1H3;1H. The summed E-state index contributed by atoms with van der Waals surface area (Å²) >= 11 is 1.39. The van der Waals surface area contributed by atoms with E-state index in [1.54, 1.807) is 18.5 Å². The number of likely N-dealkylation sites (tertiary alicyclic amines) is 1. The van der Waals surface area contributed by atoms with Crippen molar-refractivity contribution in [3.63, 3.8) is 0 Å². The number of carbonyl (C=O) groups is 1. The fourth-order valence-corrected chi connectivity index (χ4v) is 4.50. The highest BCUT2D eigenvalue weighted by atomic mass is 35.5. The summed E-state index contributed by atoms with van der Waals surface area (Å²) in [7, 11) is 0. The molecule has 4 rings (SSSR count). The second-order valence-corrected chi connectivity index (χ2v) is 7.48. The van der Waals surface area contributed by atoms with Gasteiger partial charge in [0.05, 0.1) is 5.69 Å². The molecular formula is C17H23ClN6OS. The lowest BCUT2D eigenvalue weighted by Crippen LogP contribution is -2.49. The SMILES string of the molecule is Cc1nc(-c2ncccn2)sc1C(=O)N1CCC(N2CCNCC2)C1.Cl. The maximum Gasteiger partial charge on any atom is 0.265 e. The fraction of sp³-hybridized carbons (Fsp3) is 0.529. The van der Waals surface area contributed by atoms with Crippen molar-refractivity contribution in [1.29, 1.82) is 0 Å². The zero-order valence-corrected chi connectivity index (χ0v) is 16.4. The normalized spacial score (nSPS) is 20.8. The molecule has 1 amide bonds. The number of hydrogen-bond acceptors (Lipinski definition) is 7. The van der Waals surface area contributed by atoms with Gasteiger partial charge in [0.1, 0.15) is 4.88 Å². The predicted octanol–water partition coefficient (Wildman–Crippen LogP) is 1.45. The second-order valence-electron chi connectivity index (χ2n) is 6.49. The molecule has 0 saturated carbocycles. The third kappa shape index (κ3) is 3.88. The van der Waals surface area contributed by atoms with Crippen LogP contribution >= 0.6 is 23.7 Å². The Bertz CT molecular complexity index is 749. The number of halogens is 1. The first-order valence-corrected chi connectivity index (χ1v) is 9.53. The van der Waals surface area contributed by atoms with Crippen molar-refractivity contribution in [3.8, 4) is 10.8 Å². The molecule has 1 atom stereocenters. The van der Waals surface area contributed by atoms with Crippen LogP contribution in [0, 0.1) is 6.92 Å². The molecule has 26 heavy (non-hydrogen) atoms. The summed E-state index contributed by atoms with van der Waals surface area (Å²) in [5.41, 5.74) is 0.767. The predicted molar refractivity (Wildman–Crippen MR) is 104 cm³/mol. The number of piperazine rings is 1. The van der Waals surface area contributed by atoms with Crippen molar-refractivity contribution in [2.24, 2.45) is 0 Å². The lowest BCUT2D eigenvalue weighted by molar-refractivity contribution is 0.0777. The number of amides is 1. The summed E-state index contributed by atoms with van der Waals surface area (Å²) in [5, 5.41) is 4.09. The summed E-state index contributed by atoms with van der Waals surface area (Å²) < 4.78 is 0. The number of carbonyl (C=O) groups excluding carboxylic acids is 1. The molecule has 4 heterocycles. The molecule has 140 valence electrons. The van der Waals surface area contributed by atoms with Crippen LogP contribution in [0.1, 0.15) is 21.8 Å². The molecule has 2 aromatic rings. The van der Waals surface area contributed by atoms with E-state index in [0.717, 1.165) is 51.4 Å². The van der Waals surface area contributed by atoms with Crippen LogP contribution < -0.4 is 5.32 Å². The van der Waals surface area contributed by atoms with Gasteiger partial charge in [-0.1, -0.05) is 0 Å². The highest BCUT2D eigenvalue weighted by Crippen LogP contribution is 2.28. The quantitative estimate of drug-likeness (QED) is 0.849. The van der Waals surface area contributed by atoms with Gasteiger partial charge in [-0.2, -0.15) is 0 Å². The molecule has 9 heteroatoms. The first kappa shape index (κ1) is 19.2. The zero-order chi connectivity index (χ0) is 17.2. The average molecular weight is 395 g/mol. The Hall–Kier alpha value is -1.61. The van der Waals surface area contributed by atoms with E-state index in [2.05, 4.69) is 25.2 Å². The molecule has 2 aromatic heterocycles. The summed E-state index contributed by atoms with van der Waals surface area (Å²) in [6.45, 7) is 7.75. The van der Waals surface area contributed by atoms with Crippen LogP contribution in [-0.4, -0.2) is 76.0 Å². The highest BCUT2D eigenvalue weighted by Gasteiger charge is 2.32. The van der Waals surface area contributed by atoms with E-state index in [1.165, 1.54) is 11.3 Å². The van der Waals surface area contributed by atoms with Gasteiger partial charge in [0.2, 0.25) is 0 Å². The summed E-state index contributed by atoms with van der Waals surface area (Å²) in [6.07, 6.45) is 4.44. The Morgan fingerprint density at radius 1 is 1.23 bits per heavy atom. The molecule has 1 unspecified atom stereocenters. The number of aryl methyl sites for hydroxylation is 1. The summed E-state index contributed by atoms with van der Waals surface area (Å²) in [6, 6.07) is 2.26. The van der Waals surface area contributed by atoms with Crippen LogP contribution in [0.25, 0.3) is 10.8 Å². The molecular weight excluding hydrogens is 372 g/mol. The number of rotatable bonds is 3. The molecule has 2 aliphatic heterocycles. The maximum absolute atomic E-state index is 13.0. The molecule has 2 saturated heterocycles. The van der Waals surface area contributed by atoms with Gasteiger partial charge in [-0.25, -0.2) is 15.0 Å². The second kappa shape index (κ2) is 8.39. The van der Waals surface area contributed by atoms with E-state index in [0.29, 0.717) is 21.8 Å². The van der Waals surface area contributed by atoms with Crippen LogP contribution in [0.2, 0.25) is 0 Å². The van der Waals surface area contributed by atoms with E-state index in [1.807, 2.05) is 11.8 Å². The third-order valence-corrected chi connectivity index (χ3v) is 6.01. The number of nitrogens with one attached hydrogen (secondary N) is 1. The monoisotopic (exact) mass is 394 g/mol. The zero-order valence-electron chi connectivity index (χ0n) is 14.7. The summed E-state index contributed by atoms with van der Waals surface area (Å²) in [4.78, 5) is 31.1. The minimum atomic E-state index is 0. The molecule has 0 radical (unpaired) electrons. The van der Waals surface area contributed by atoms with Gasteiger partial charge in [0.15, 0.2) is 10.8 Å². The van der Waals surface area contributed by atoms with Gasteiger partial charge in [-0.3, -0.25) is 9.69 Å². The third-order valence-electron chi connectivity index (χ3n) is 4.87. The molecule has 0 aliphatic carbocycles. The average Bonchev–Trinajstić information content (AvgIpc) is 3.30. The molecule has 0 aromatic carbocycles. The maximum atomic E-state index is 13.0. The van der Waals surface area contributed by atoms with Crippen LogP contribution in [-0.2, 0) is 0 Å². The first-order chi connectivity index (χ1) is 12.2. The number of thiazole rings is 1. The lowest BCUT2D eigenvalue weighted by atomic mass is 10.2.